The Bertz CT molecular complexity index is 1110. The first-order chi connectivity index (χ1) is 17.2. The summed E-state index contributed by atoms with van der Waals surface area (Å²) in [5, 5.41) is 2.72. The summed E-state index contributed by atoms with van der Waals surface area (Å²) in [5.41, 5.74) is 3.55. The zero-order valence-electron chi connectivity index (χ0n) is 20.8. The molecular formula is C27H31BrN2O6. The molecule has 9 heteroatoms. The minimum absolute atomic E-state index is 0.00717. The quantitative estimate of drug-likeness (QED) is 0.327. The summed E-state index contributed by atoms with van der Waals surface area (Å²) in [6.07, 6.45) is 2.86. The van der Waals surface area contributed by atoms with Crippen LogP contribution in [0.15, 0.2) is 40.9 Å². The molecule has 1 fully saturated rings. The van der Waals surface area contributed by atoms with Gasteiger partial charge in [-0.15, -0.1) is 0 Å². The Hall–Kier alpha value is -3.20. The third-order valence-electron chi connectivity index (χ3n) is 5.92. The number of anilines is 2. The van der Waals surface area contributed by atoms with Crippen LogP contribution in [-0.2, 0) is 23.9 Å². The van der Waals surface area contributed by atoms with E-state index in [9.17, 15) is 19.2 Å². The molecule has 36 heavy (non-hydrogen) atoms. The molecule has 0 unspecified atom stereocenters. The lowest BCUT2D eigenvalue weighted by molar-refractivity contribution is -0.151. The second kappa shape index (κ2) is 12.7. The standard InChI is InChI=1S/C27H31BrN2O6/c1-4-5-6-11-35-26(33)19-7-9-22(10-8-19)30-15-20(14-24(30)32)27(34)36-16-23(31)29-21-12-17(2)25(28)18(3)13-21/h7-10,12-13,20H,4-6,11,14-16H2,1-3H3,(H,29,31)/t20-/m1/s1. The molecule has 0 radical (unpaired) electrons. The highest BCUT2D eigenvalue weighted by molar-refractivity contribution is 9.10. The maximum atomic E-state index is 12.5. The largest absolute Gasteiger partial charge is 0.462 e. The Labute approximate surface area is 219 Å². The highest BCUT2D eigenvalue weighted by atomic mass is 79.9. The zero-order chi connectivity index (χ0) is 26.2. The van der Waals surface area contributed by atoms with Crippen LogP contribution in [0.5, 0.6) is 0 Å². The van der Waals surface area contributed by atoms with E-state index < -0.39 is 30.4 Å². The average molecular weight is 559 g/mol. The lowest BCUT2D eigenvalue weighted by atomic mass is 10.1. The van der Waals surface area contributed by atoms with E-state index in [-0.39, 0.29) is 18.9 Å². The van der Waals surface area contributed by atoms with Gasteiger partial charge in [0, 0.05) is 28.8 Å². The molecule has 2 aromatic rings. The van der Waals surface area contributed by atoms with Crippen molar-refractivity contribution in [3.63, 3.8) is 0 Å². The molecule has 0 aliphatic carbocycles. The first-order valence-corrected chi connectivity index (χ1v) is 12.8. The van der Waals surface area contributed by atoms with Gasteiger partial charge >= 0.3 is 11.9 Å². The smallest absolute Gasteiger partial charge is 0.338 e. The Morgan fingerprint density at radius 1 is 1.06 bits per heavy atom. The maximum Gasteiger partial charge on any atom is 0.338 e. The predicted octanol–water partition coefficient (Wildman–Crippen LogP) is 4.95. The van der Waals surface area contributed by atoms with Gasteiger partial charge in [-0.05, 0) is 67.8 Å². The van der Waals surface area contributed by atoms with Crippen molar-refractivity contribution in [2.45, 2.75) is 46.5 Å². The molecular weight excluding hydrogens is 528 g/mol. The van der Waals surface area contributed by atoms with Crippen molar-refractivity contribution in [2.75, 3.05) is 30.0 Å². The van der Waals surface area contributed by atoms with Crippen LogP contribution < -0.4 is 10.2 Å². The highest BCUT2D eigenvalue weighted by Crippen LogP contribution is 2.27. The first kappa shape index (κ1) is 27.4. The topological polar surface area (TPSA) is 102 Å². The van der Waals surface area contributed by atoms with E-state index in [0.29, 0.717) is 23.5 Å². The van der Waals surface area contributed by atoms with E-state index >= 15 is 0 Å². The molecule has 2 aromatic carbocycles. The molecule has 1 saturated heterocycles. The number of esters is 2. The number of halogens is 1. The number of amides is 2. The van der Waals surface area contributed by atoms with Gasteiger partial charge in [0.25, 0.3) is 5.91 Å². The minimum Gasteiger partial charge on any atom is -0.462 e. The molecule has 1 aliphatic heterocycles. The third kappa shape index (κ3) is 7.16. The molecule has 2 amide bonds. The van der Waals surface area contributed by atoms with Crippen molar-refractivity contribution in [3.8, 4) is 0 Å². The number of carbonyl (C=O) groups excluding carboxylic acids is 4. The lowest BCUT2D eigenvalue weighted by Gasteiger charge is -2.17. The second-order valence-electron chi connectivity index (χ2n) is 8.88. The fourth-order valence-corrected chi connectivity index (χ4v) is 4.19. The monoisotopic (exact) mass is 558 g/mol. The Morgan fingerprint density at radius 2 is 1.72 bits per heavy atom. The molecule has 0 bridgehead atoms. The Morgan fingerprint density at radius 3 is 2.36 bits per heavy atom. The number of unbranched alkanes of at least 4 members (excludes halogenated alkanes) is 2. The van der Waals surface area contributed by atoms with Crippen molar-refractivity contribution < 1.29 is 28.7 Å². The van der Waals surface area contributed by atoms with Gasteiger partial charge in [-0.2, -0.15) is 0 Å². The van der Waals surface area contributed by atoms with Gasteiger partial charge in [-0.3, -0.25) is 14.4 Å². The number of nitrogens with zero attached hydrogens (tertiary/aromatic N) is 1. The summed E-state index contributed by atoms with van der Waals surface area (Å²) in [4.78, 5) is 50.9. The molecule has 1 aliphatic rings. The Kier molecular flexibility index (Phi) is 9.64. The first-order valence-electron chi connectivity index (χ1n) is 12.0. The minimum atomic E-state index is -0.675. The number of rotatable bonds is 10. The number of carbonyl (C=O) groups is 4. The van der Waals surface area contributed by atoms with Crippen LogP contribution in [0.1, 0.15) is 54.1 Å². The van der Waals surface area contributed by atoms with Crippen LogP contribution in [-0.4, -0.2) is 43.5 Å². The van der Waals surface area contributed by atoms with Crippen LogP contribution in [0.4, 0.5) is 11.4 Å². The number of nitrogens with one attached hydrogen (secondary N) is 1. The van der Waals surface area contributed by atoms with Gasteiger partial charge in [0.2, 0.25) is 5.91 Å². The van der Waals surface area contributed by atoms with E-state index in [1.807, 2.05) is 26.0 Å². The summed E-state index contributed by atoms with van der Waals surface area (Å²) >= 11 is 3.48. The van der Waals surface area contributed by atoms with Crippen molar-refractivity contribution in [2.24, 2.45) is 5.92 Å². The molecule has 1 N–H and O–H groups in total. The van der Waals surface area contributed by atoms with Crippen molar-refractivity contribution in [1.82, 2.24) is 0 Å². The Balaban J connectivity index is 1.49. The maximum absolute atomic E-state index is 12.5. The van der Waals surface area contributed by atoms with Crippen LogP contribution >= 0.6 is 15.9 Å². The normalized spacial score (nSPS) is 15.1. The molecule has 8 nitrogen and oxygen atoms in total. The van der Waals surface area contributed by atoms with Crippen molar-refractivity contribution in [3.05, 3.63) is 57.6 Å². The third-order valence-corrected chi connectivity index (χ3v) is 7.17. The average Bonchev–Trinajstić information content (AvgIpc) is 3.25. The van der Waals surface area contributed by atoms with E-state index in [4.69, 9.17) is 9.47 Å². The molecule has 0 aromatic heterocycles. The van der Waals surface area contributed by atoms with Gasteiger partial charge in [0.05, 0.1) is 18.1 Å². The summed E-state index contributed by atoms with van der Waals surface area (Å²) < 4.78 is 11.4. The van der Waals surface area contributed by atoms with Gasteiger partial charge in [0.15, 0.2) is 6.61 Å². The molecule has 1 atom stereocenters. The van der Waals surface area contributed by atoms with E-state index in [0.717, 1.165) is 34.9 Å². The van der Waals surface area contributed by atoms with Gasteiger partial charge in [-0.1, -0.05) is 35.7 Å². The van der Waals surface area contributed by atoms with Crippen molar-refractivity contribution >= 4 is 51.1 Å². The molecule has 0 spiro atoms. The van der Waals surface area contributed by atoms with Crippen LogP contribution in [0, 0.1) is 19.8 Å². The molecule has 0 saturated carbocycles. The number of benzene rings is 2. The summed E-state index contributed by atoms with van der Waals surface area (Å²) in [7, 11) is 0. The predicted molar refractivity (Wildman–Crippen MR) is 140 cm³/mol. The van der Waals surface area contributed by atoms with Crippen LogP contribution in [0.3, 0.4) is 0 Å². The van der Waals surface area contributed by atoms with Gasteiger partial charge < -0.3 is 19.7 Å². The molecule has 3 rings (SSSR count). The number of hydrogen-bond donors (Lipinski definition) is 1. The number of hydrogen-bond acceptors (Lipinski definition) is 6. The zero-order valence-corrected chi connectivity index (χ0v) is 22.4. The highest BCUT2D eigenvalue weighted by Gasteiger charge is 2.36. The molecule has 1 heterocycles. The number of ether oxygens (including phenoxy) is 2. The van der Waals surface area contributed by atoms with Crippen molar-refractivity contribution in [1.29, 1.82) is 0 Å². The van der Waals surface area contributed by atoms with E-state index in [1.165, 1.54) is 4.90 Å². The van der Waals surface area contributed by atoms with Crippen LogP contribution in [0.2, 0.25) is 0 Å². The summed E-state index contributed by atoms with van der Waals surface area (Å²) in [5.74, 6) is -2.36. The SMILES string of the molecule is CCCCCOC(=O)c1ccc(N2C[C@H](C(=O)OCC(=O)Nc3cc(C)c(Br)c(C)c3)CC2=O)cc1. The fourth-order valence-electron chi connectivity index (χ4n) is 3.96. The number of aryl methyl sites for hydroxylation is 2. The van der Waals surface area contributed by atoms with Gasteiger partial charge in [-0.25, -0.2) is 4.79 Å². The van der Waals surface area contributed by atoms with E-state index in [2.05, 4.69) is 28.2 Å². The van der Waals surface area contributed by atoms with E-state index in [1.54, 1.807) is 24.3 Å². The second-order valence-corrected chi connectivity index (χ2v) is 9.67. The lowest BCUT2D eigenvalue weighted by Crippen LogP contribution is -2.28. The molecule has 192 valence electrons. The summed E-state index contributed by atoms with van der Waals surface area (Å²) in [6.45, 7) is 6.00. The van der Waals surface area contributed by atoms with Crippen LogP contribution in [0.25, 0.3) is 0 Å². The fraction of sp³-hybridized carbons (Fsp3) is 0.407. The van der Waals surface area contributed by atoms with Gasteiger partial charge in [0.1, 0.15) is 0 Å². The summed E-state index contributed by atoms with van der Waals surface area (Å²) in [6, 6.07) is 10.2.